The zero-order valence-corrected chi connectivity index (χ0v) is 11.8. The standard InChI is InChI=1S/C14H24N2S/c1-12(2)16-9-6-13(7-10-16)15-8-5-14-4-3-11-17-14/h3-4,11-13,15H,5-10H2,1-2H3. The lowest BCUT2D eigenvalue weighted by Gasteiger charge is -2.35. The average Bonchev–Trinajstić information content (AvgIpc) is 2.83. The summed E-state index contributed by atoms with van der Waals surface area (Å²) in [5.41, 5.74) is 0. The van der Waals surface area contributed by atoms with E-state index in [4.69, 9.17) is 0 Å². The first-order chi connectivity index (χ1) is 8.25. The normalized spacial score (nSPS) is 19.0. The van der Waals surface area contributed by atoms with Gasteiger partial charge in [-0.1, -0.05) is 6.07 Å². The van der Waals surface area contributed by atoms with Gasteiger partial charge in [0.15, 0.2) is 0 Å². The minimum absolute atomic E-state index is 0.710. The molecule has 1 N–H and O–H groups in total. The fraction of sp³-hybridized carbons (Fsp3) is 0.714. The lowest BCUT2D eigenvalue weighted by Crippen LogP contribution is -2.45. The van der Waals surface area contributed by atoms with Crippen molar-refractivity contribution in [2.75, 3.05) is 19.6 Å². The number of hydrogen-bond donors (Lipinski definition) is 1. The lowest BCUT2D eigenvalue weighted by molar-refractivity contribution is 0.161. The summed E-state index contributed by atoms with van der Waals surface area (Å²) in [6, 6.07) is 5.82. The zero-order valence-electron chi connectivity index (χ0n) is 11.0. The van der Waals surface area contributed by atoms with Crippen LogP contribution in [0.25, 0.3) is 0 Å². The second kappa shape index (κ2) is 6.53. The molecule has 1 fully saturated rings. The van der Waals surface area contributed by atoms with Gasteiger partial charge in [0.2, 0.25) is 0 Å². The molecular formula is C14H24N2S. The topological polar surface area (TPSA) is 15.3 Å². The van der Waals surface area contributed by atoms with Gasteiger partial charge in [-0.2, -0.15) is 0 Å². The molecule has 2 nitrogen and oxygen atoms in total. The molecule has 2 rings (SSSR count). The Balaban J connectivity index is 1.62. The van der Waals surface area contributed by atoms with Crippen molar-refractivity contribution in [2.24, 2.45) is 0 Å². The highest BCUT2D eigenvalue weighted by atomic mass is 32.1. The lowest BCUT2D eigenvalue weighted by atomic mass is 10.0. The van der Waals surface area contributed by atoms with E-state index in [1.807, 2.05) is 11.3 Å². The van der Waals surface area contributed by atoms with Crippen LogP contribution in [0.1, 0.15) is 31.6 Å². The second-order valence-corrected chi connectivity index (χ2v) is 6.22. The van der Waals surface area contributed by atoms with Gasteiger partial charge in [0, 0.05) is 23.5 Å². The Morgan fingerprint density at radius 2 is 2.18 bits per heavy atom. The molecule has 0 aromatic carbocycles. The molecule has 1 aromatic heterocycles. The van der Waals surface area contributed by atoms with E-state index in [2.05, 4.69) is 41.6 Å². The van der Waals surface area contributed by atoms with Gasteiger partial charge in [-0.15, -0.1) is 11.3 Å². The first kappa shape index (κ1) is 13.1. The Hall–Kier alpha value is -0.380. The smallest absolute Gasteiger partial charge is 0.00915 e. The van der Waals surface area contributed by atoms with Gasteiger partial charge in [-0.3, -0.25) is 0 Å². The molecule has 0 aliphatic carbocycles. The summed E-state index contributed by atoms with van der Waals surface area (Å²) < 4.78 is 0. The fourth-order valence-corrected chi connectivity index (χ4v) is 3.18. The van der Waals surface area contributed by atoms with Crippen molar-refractivity contribution in [3.63, 3.8) is 0 Å². The van der Waals surface area contributed by atoms with Gasteiger partial charge in [-0.25, -0.2) is 0 Å². The predicted molar refractivity (Wildman–Crippen MR) is 75.8 cm³/mol. The molecule has 3 heteroatoms. The second-order valence-electron chi connectivity index (χ2n) is 5.19. The summed E-state index contributed by atoms with van der Waals surface area (Å²) in [7, 11) is 0. The van der Waals surface area contributed by atoms with Crippen LogP contribution in [0.15, 0.2) is 17.5 Å². The summed E-state index contributed by atoms with van der Waals surface area (Å²) in [5, 5.41) is 5.86. The van der Waals surface area contributed by atoms with Crippen molar-refractivity contribution in [3.05, 3.63) is 22.4 Å². The van der Waals surface area contributed by atoms with Crippen molar-refractivity contribution in [2.45, 2.75) is 45.2 Å². The third-order valence-electron chi connectivity index (χ3n) is 3.64. The molecule has 0 bridgehead atoms. The van der Waals surface area contributed by atoms with Gasteiger partial charge in [0.05, 0.1) is 0 Å². The van der Waals surface area contributed by atoms with E-state index < -0.39 is 0 Å². The molecule has 2 heterocycles. The molecule has 0 atom stereocenters. The Labute approximate surface area is 109 Å². The molecule has 0 amide bonds. The van der Waals surface area contributed by atoms with Crippen molar-refractivity contribution < 1.29 is 0 Å². The van der Waals surface area contributed by atoms with Gasteiger partial charge < -0.3 is 10.2 Å². The quantitative estimate of drug-likeness (QED) is 0.867. The van der Waals surface area contributed by atoms with Crippen LogP contribution in [0.4, 0.5) is 0 Å². The van der Waals surface area contributed by atoms with Crippen LogP contribution in [0, 0.1) is 0 Å². The molecule has 1 aliphatic rings. The van der Waals surface area contributed by atoms with E-state index in [1.165, 1.54) is 37.2 Å². The van der Waals surface area contributed by atoms with Crippen molar-refractivity contribution >= 4 is 11.3 Å². The Kier molecular flexibility index (Phi) is 5.01. The van der Waals surface area contributed by atoms with Crippen LogP contribution in [-0.4, -0.2) is 36.6 Å². The van der Waals surface area contributed by atoms with E-state index in [0.717, 1.165) is 12.6 Å². The molecular weight excluding hydrogens is 228 g/mol. The van der Waals surface area contributed by atoms with E-state index in [-0.39, 0.29) is 0 Å². The summed E-state index contributed by atoms with van der Waals surface area (Å²) in [6.07, 6.45) is 3.80. The average molecular weight is 252 g/mol. The molecule has 0 saturated carbocycles. The Morgan fingerprint density at radius 3 is 2.76 bits per heavy atom. The monoisotopic (exact) mass is 252 g/mol. The highest BCUT2D eigenvalue weighted by Crippen LogP contribution is 2.13. The van der Waals surface area contributed by atoms with E-state index in [9.17, 15) is 0 Å². The maximum atomic E-state index is 3.70. The Morgan fingerprint density at radius 1 is 1.41 bits per heavy atom. The summed E-state index contributed by atoms with van der Waals surface area (Å²) in [4.78, 5) is 4.08. The molecule has 0 spiro atoms. The number of thiophene rings is 1. The SMILES string of the molecule is CC(C)N1CCC(NCCc2cccs2)CC1. The van der Waals surface area contributed by atoms with E-state index in [1.54, 1.807) is 0 Å². The largest absolute Gasteiger partial charge is 0.314 e. The minimum atomic E-state index is 0.710. The fourth-order valence-electron chi connectivity index (χ4n) is 2.47. The highest BCUT2D eigenvalue weighted by molar-refractivity contribution is 7.09. The third kappa shape index (κ3) is 4.09. The summed E-state index contributed by atoms with van der Waals surface area (Å²) in [6.45, 7) is 8.24. The van der Waals surface area contributed by atoms with E-state index >= 15 is 0 Å². The number of rotatable bonds is 5. The molecule has 17 heavy (non-hydrogen) atoms. The Bertz CT molecular complexity index is 300. The van der Waals surface area contributed by atoms with Crippen LogP contribution in [0.2, 0.25) is 0 Å². The zero-order chi connectivity index (χ0) is 12.1. The minimum Gasteiger partial charge on any atom is -0.314 e. The third-order valence-corrected chi connectivity index (χ3v) is 4.58. The number of likely N-dealkylation sites (tertiary alicyclic amines) is 1. The molecule has 0 radical (unpaired) electrons. The number of hydrogen-bond acceptors (Lipinski definition) is 3. The molecule has 1 saturated heterocycles. The van der Waals surface area contributed by atoms with Crippen molar-refractivity contribution in [1.82, 2.24) is 10.2 Å². The highest BCUT2D eigenvalue weighted by Gasteiger charge is 2.19. The summed E-state index contributed by atoms with van der Waals surface area (Å²) >= 11 is 1.87. The molecule has 96 valence electrons. The van der Waals surface area contributed by atoms with Crippen LogP contribution < -0.4 is 5.32 Å². The number of piperidine rings is 1. The van der Waals surface area contributed by atoms with Crippen molar-refractivity contribution in [1.29, 1.82) is 0 Å². The maximum absolute atomic E-state index is 3.70. The van der Waals surface area contributed by atoms with Gasteiger partial charge in [0.1, 0.15) is 0 Å². The summed E-state index contributed by atoms with van der Waals surface area (Å²) in [5.74, 6) is 0. The van der Waals surface area contributed by atoms with Gasteiger partial charge in [0.25, 0.3) is 0 Å². The van der Waals surface area contributed by atoms with Gasteiger partial charge in [-0.05, 0) is 57.6 Å². The van der Waals surface area contributed by atoms with Crippen molar-refractivity contribution in [3.8, 4) is 0 Å². The number of nitrogens with one attached hydrogen (secondary N) is 1. The predicted octanol–water partition coefficient (Wildman–Crippen LogP) is 2.75. The maximum Gasteiger partial charge on any atom is 0.00915 e. The van der Waals surface area contributed by atoms with Crippen LogP contribution in [-0.2, 0) is 6.42 Å². The van der Waals surface area contributed by atoms with E-state index in [0.29, 0.717) is 6.04 Å². The first-order valence-corrected chi connectivity index (χ1v) is 7.63. The molecule has 1 aromatic rings. The number of nitrogens with zero attached hydrogens (tertiary/aromatic N) is 1. The first-order valence-electron chi connectivity index (χ1n) is 6.75. The van der Waals surface area contributed by atoms with Crippen LogP contribution in [0.5, 0.6) is 0 Å². The van der Waals surface area contributed by atoms with Crippen LogP contribution in [0.3, 0.4) is 0 Å². The van der Waals surface area contributed by atoms with Crippen LogP contribution >= 0.6 is 11.3 Å². The molecule has 0 unspecified atom stereocenters. The van der Waals surface area contributed by atoms with Gasteiger partial charge >= 0.3 is 0 Å². The molecule has 1 aliphatic heterocycles.